The van der Waals surface area contributed by atoms with Crippen molar-refractivity contribution in [3.63, 3.8) is 0 Å². The Labute approximate surface area is 203 Å². The molecule has 0 saturated carbocycles. The number of rotatable bonds is 6. The molecule has 174 valence electrons. The number of aromatic nitrogens is 3. The third-order valence-corrected chi connectivity index (χ3v) is 7.12. The first kappa shape index (κ1) is 22.3. The summed E-state index contributed by atoms with van der Waals surface area (Å²) in [6.07, 6.45) is 1.66. The number of nitrogens with zero attached hydrogens (tertiary/aromatic N) is 5. The highest BCUT2D eigenvalue weighted by Gasteiger charge is 2.28. The molecular formula is C26H27N5O2S. The van der Waals surface area contributed by atoms with Gasteiger partial charge in [-0.05, 0) is 44.2 Å². The number of benzene rings is 2. The van der Waals surface area contributed by atoms with E-state index in [1.165, 1.54) is 17.4 Å². The summed E-state index contributed by atoms with van der Waals surface area (Å²) in [5.74, 6) is 1.61. The van der Waals surface area contributed by atoms with Crippen LogP contribution in [0.3, 0.4) is 0 Å². The molecule has 5 rings (SSSR count). The number of amides is 1. The summed E-state index contributed by atoms with van der Waals surface area (Å²) >= 11 is 1.44. The third kappa shape index (κ3) is 4.46. The van der Waals surface area contributed by atoms with Crippen molar-refractivity contribution in [3.05, 3.63) is 78.8 Å². The van der Waals surface area contributed by atoms with Crippen LogP contribution in [-0.4, -0.2) is 57.0 Å². The van der Waals surface area contributed by atoms with Gasteiger partial charge in [-0.2, -0.15) is 0 Å². The lowest BCUT2D eigenvalue weighted by Crippen LogP contribution is -2.50. The smallest absolute Gasteiger partial charge is 0.236 e. The number of aryl methyl sites for hydroxylation is 1. The van der Waals surface area contributed by atoms with E-state index in [0.717, 1.165) is 30.1 Å². The second-order valence-corrected chi connectivity index (χ2v) is 9.58. The molecule has 7 nitrogen and oxygen atoms in total. The molecule has 34 heavy (non-hydrogen) atoms. The van der Waals surface area contributed by atoms with Crippen molar-refractivity contribution in [1.29, 1.82) is 0 Å². The van der Waals surface area contributed by atoms with Gasteiger partial charge in [0, 0.05) is 37.6 Å². The van der Waals surface area contributed by atoms with Crippen LogP contribution in [0.2, 0.25) is 0 Å². The molecule has 0 N–H and O–H groups in total. The highest BCUT2D eigenvalue weighted by atomic mass is 32.2. The number of anilines is 1. The Bertz CT molecular complexity index is 1250. The van der Waals surface area contributed by atoms with Crippen LogP contribution in [0.4, 0.5) is 5.69 Å². The molecule has 2 aromatic heterocycles. The van der Waals surface area contributed by atoms with Crippen molar-refractivity contribution in [2.24, 2.45) is 0 Å². The van der Waals surface area contributed by atoms with Crippen LogP contribution in [0.25, 0.3) is 17.1 Å². The molecule has 1 fully saturated rings. The number of hydrogen-bond donors (Lipinski definition) is 0. The number of furan rings is 1. The third-order valence-electron chi connectivity index (χ3n) is 6.09. The number of carbonyl (C=O) groups excluding carboxylic acids is 1. The molecule has 1 unspecified atom stereocenters. The topological polar surface area (TPSA) is 67.4 Å². The van der Waals surface area contributed by atoms with Crippen LogP contribution in [0, 0.1) is 6.92 Å². The molecule has 3 heterocycles. The van der Waals surface area contributed by atoms with Gasteiger partial charge in [0.1, 0.15) is 5.76 Å². The predicted octanol–water partition coefficient (Wildman–Crippen LogP) is 4.67. The van der Waals surface area contributed by atoms with Crippen molar-refractivity contribution < 1.29 is 9.21 Å². The second-order valence-electron chi connectivity index (χ2n) is 8.28. The van der Waals surface area contributed by atoms with Crippen LogP contribution in [-0.2, 0) is 4.79 Å². The van der Waals surface area contributed by atoms with Gasteiger partial charge in [0.2, 0.25) is 5.91 Å². The minimum Gasteiger partial charge on any atom is -0.469 e. The largest absolute Gasteiger partial charge is 0.469 e. The Morgan fingerprint density at radius 1 is 0.912 bits per heavy atom. The standard InChI is InChI=1S/C26H27N5O2S/c1-19-23(13-18-33-19)24-27-28-26(31(24)22-11-7-4-8-12-22)34-20(2)25(32)30-16-14-29(15-17-30)21-9-5-3-6-10-21/h3-13,18,20H,14-17H2,1-2H3. The molecule has 0 bridgehead atoms. The maximum absolute atomic E-state index is 13.3. The summed E-state index contributed by atoms with van der Waals surface area (Å²) in [6.45, 7) is 6.94. The van der Waals surface area contributed by atoms with Crippen LogP contribution in [0.15, 0.2) is 82.6 Å². The van der Waals surface area contributed by atoms with E-state index in [4.69, 9.17) is 4.42 Å². The highest BCUT2D eigenvalue weighted by molar-refractivity contribution is 8.00. The molecule has 0 radical (unpaired) electrons. The SMILES string of the molecule is Cc1occc1-c1nnc(SC(C)C(=O)N2CCN(c3ccccc3)CC2)n1-c1ccccc1. The summed E-state index contributed by atoms with van der Waals surface area (Å²) in [5, 5.41) is 9.33. The maximum atomic E-state index is 13.3. The molecule has 0 aliphatic carbocycles. The molecular weight excluding hydrogens is 446 g/mol. The Kier molecular flexibility index (Phi) is 6.40. The molecule has 2 aromatic carbocycles. The summed E-state index contributed by atoms with van der Waals surface area (Å²) in [7, 11) is 0. The van der Waals surface area contributed by atoms with Gasteiger partial charge in [-0.15, -0.1) is 10.2 Å². The van der Waals surface area contributed by atoms with E-state index in [9.17, 15) is 4.79 Å². The fraction of sp³-hybridized carbons (Fsp3) is 0.269. The zero-order valence-corrected chi connectivity index (χ0v) is 20.1. The first-order valence-electron chi connectivity index (χ1n) is 11.4. The molecule has 1 saturated heterocycles. The molecule has 4 aromatic rings. The van der Waals surface area contributed by atoms with E-state index in [-0.39, 0.29) is 11.2 Å². The monoisotopic (exact) mass is 473 g/mol. The van der Waals surface area contributed by atoms with Gasteiger partial charge in [-0.3, -0.25) is 9.36 Å². The molecule has 1 aliphatic rings. The normalized spacial score (nSPS) is 14.9. The summed E-state index contributed by atoms with van der Waals surface area (Å²) in [4.78, 5) is 17.6. The quantitative estimate of drug-likeness (QED) is 0.379. The minimum atomic E-state index is -0.284. The van der Waals surface area contributed by atoms with Gasteiger partial charge in [-0.1, -0.05) is 48.2 Å². The van der Waals surface area contributed by atoms with Gasteiger partial charge in [0.15, 0.2) is 11.0 Å². The number of para-hydroxylation sites is 2. The van der Waals surface area contributed by atoms with Crippen LogP contribution in [0.5, 0.6) is 0 Å². The van der Waals surface area contributed by atoms with Gasteiger partial charge in [0.25, 0.3) is 0 Å². The van der Waals surface area contributed by atoms with Crippen LogP contribution < -0.4 is 4.90 Å². The lowest BCUT2D eigenvalue weighted by Gasteiger charge is -2.37. The molecule has 1 atom stereocenters. The van der Waals surface area contributed by atoms with Crippen molar-refractivity contribution in [3.8, 4) is 17.1 Å². The summed E-state index contributed by atoms with van der Waals surface area (Å²) < 4.78 is 7.51. The molecule has 0 spiro atoms. The molecule has 1 amide bonds. The van der Waals surface area contributed by atoms with Gasteiger partial charge in [0.05, 0.1) is 17.1 Å². The predicted molar refractivity (Wildman–Crippen MR) is 134 cm³/mol. The average Bonchev–Trinajstić information content (AvgIpc) is 3.50. The van der Waals surface area contributed by atoms with E-state index in [1.54, 1.807) is 6.26 Å². The highest BCUT2D eigenvalue weighted by Crippen LogP contribution is 2.32. The summed E-state index contributed by atoms with van der Waals surface area (Å²) in [6, 6.07) is 22.2. The van der Waals surface area contributed by atoms with E-state index in [1.807, 2.05) is 77.9 Å². The van der Waals surface area contributed by atoms with Gasteiger partial charge in [-0.25, -0.2) is 0 Å². The average molecular weight is 474 g/mol. The van der Waals surface area contributed by atoms with Crippen molar-refractivity contribution in [2.45, 2.75) is 24.3 Å². The van der Waals surface area contributed by atoms with E-state index in [2.05, 4.69) is 27.2 Å². The van der Waals surface area contributed by atoms with Gasteiger partial charge >= 0.3 is 0 Å². The minimum absolute atomic E-state index is 0.126. The molecule has 8 heteroatoms. The lowest BCUT2D eigenvalue weighted by molar-refractivity contribution is -0.130. The van der Waals surface area contributed by atoms with E-state index < -0.39 is 0 Å². The first-order chi connectivity index (χ1) is 16.6. The lowest BCUT2D eigenvalue weighted by atomic mass is 10.2. The number of thioether (sulfide) groups is 1. The van der Waals surface area contributed by atoms with Crippen molar-refractivity contribution in [2.75, 3.05) is 31.1 Å². The summed E-state index contributed by atoms with van der Waals surface area (Å²) in [5.41, 5.74) is 3.04. The fourth-order valence-electron chi connectivity index (χ4n) is 4.24. The number of piperazine rings is 1. The Balaban J connectivity index is 1.33. The first-order valence-corrected chi connectivity index (χ1v) is 12.3. The Morgan fingerprint density at radius 3 is 2.18 bits per heavy atom. The number of hydrogen-bond acceptors (Lipinski definition) is 6. The maximum Gasteiger partial charge on any atom is 0.236 e. The Hall–Kier alpha value is -3.52. The van der Waals surface area contributed by atoms with E-state index in [0.29, 0.717) is 24.1 Å². The van der Waals surface area contributed by atoms with Crippen molar-refractivity contribution in [1.82, 2.24) is 19.7 Å². The fourth-order valence-corrected chi connectivity index (χ4v) is 5.19. The van der Waals surface area contributed by atoms with Crippen LogP contribution in [0.1, 0.15) is 12.7 Å². The zero-order chi connectivity index (χ0) is 23.5. The van der Waals surface area contributed by atoms with Gasteiger partial charge < -0.3 is 14.2 Å². The van der Waals surface area contributed by atoms with Crippen LogP contribution >= 0.6 is 11.8 Å². The number of carbonyl (C=O) groups is 1. The zero-order valence-electron chi connectivity index (χ0n) is 19.3. The van der Waals surface area contributed by atoms with Crippen molar-refractivity contribution >= 4 is 23.4 Å². The van der Waals surface area contributed by atoms with E-state index >= 15 is 0 Å². The molecule has 1 aliphatic heterocycles. The second kappa shape index (κ2) is 9.77. The Morgan fingerprint density at radius 2 is 1.56 bits per heavy atom.